The number of nitrogens with one attached hydrogen (secondary N) is 1. The number of hydrogen-bond acceptors (Lipinski definition) is 5. The van der Waals surface area contributed by atoms with Gasteiger partial charge >= 0.3 is 0 Å². The zero-order valence-corrected chi connectivity index (χ0v) is 11.4. The van der Waals surface area contributed by atoms with Gasteiger partial charge in [0.25, 0.3) is 0 Å². The second kappa shape index (κ2) is 4.68. The molecule has 2 unspecified atom stereocenters. The summed E-state index contributed by atoms with van der Waals surface area (Å²) in [7, 11) is 2.09. The fourth-order valence-corrected chi connectivity index (χ4v) is 3.02. The number of H-pyrrole nitrogens is 1. The van der Waals surface area contributed by atoms with Gasteiger partial charge in [-0.25, -0.2) is 4.98 Å². The van der Waals surface area contributed by atoms with Crippen LogP contribution in [-0.2, 0) is 0 Å². The van der Waals surface area contributed by atoms with Gasteiger partial charge in [0.1, 0.15) is 5.52 Å². The molecule has 0 aromatic carbocycles. The standard InChI is InChI=1S/C13H20N6/c1-8-4-3-5-9(6-8)19(2)12-10-11(16-7-15-10)17-13(14)18-12/h7-9H,3-6H2,1-2H3,(H3,14,15,16,17,18). The number of fused-ring (bicyclic) bond motifs is 1. The zero-order valence-electron chi connectivity index (χ0n) is 11.4. The number of anilines is 2. The first-order chi connectivity index (χ1) is 9.15. The minimum atomic E-state index is 0.283. The van der Waals surface area contributed by atoms with Crippen molar-refractivity contribution in [1.29, 1.82) is 0 Å². The first-order valence-corrected chi connectivity index (χ1v) is 6.84. The molecule has 102 valence electrons. The summed E-state index contributed by atoms with van der Waals surface area (Å²) in [4.78, 5) is 18.0. The molecule has 2 aromatic heterocycles. The molecule has 0 amide bonds. The molecule has 3 rings (SSSR count). The smallest absolute Gasteiger partial charge is 0.224 e. The molecule has 2 aromatic rings. The number of rotatable bonds is 2. The summed E-state index contributed by atoms with van der Waals surface area (Å²) in [5.41, 5.74) is 7.28. The van der Waals surface area contributed by atoms with Gasteiger partial charge in [0, 0.05) is 13.1 Å². The molecule has 2 atom stereocenters. The van der Waals surface area contributed by atoms with Crippen LogP contribution in [0.1, 0.15) is 32.6 Å². The Labute approximate surface area is 112 Å². The second-order valence-corrected chi connectivity index (χ2v) is 5.54. The molecule has 3 N–H and O–H groups in total. The van der Waals surface area contributed by atoms with Gasteiger partial charge in [-0.15, -0.1) is 0 Å². The summed E-state index contributed by atoms with van der Waals surface area (Å²) >= 11 is 0. The van der Waals surface area contributed by atoms with Crippen LogP contribution >= 0.6 is 0 Å². The molecule has 6 heteroatoms. The molecule has 0 bridgehead atoms. The monoisotopic (exact) mass is 260 g/mol. The highest BCUT2D eigenvalue weighted by Gasteiger charge is 2.25. The topological polar surface area (TPSA) is 83.7 Å². The quantitative estimate of drug-likeness (QED) is 0.862. The number of nitrogens with two attached hydrogens (primary N) is 1. The summed E-state index contributed by atoms with van der Waals surface area (Å²) in [6, 6.07) is 0.518. The average Bonchev–Trinajstić information content (AvgIpc) is 2.85. The van der Waals surface area contributed by atoms with E-state index in [-0.39, 0.29) is 5.95 Å². The van der Waals surface area contributed by atoms with Crippen LogP contribution in [0.2, 0.25) is 0 Å². The van der Waals surface area contributed by atoms with Crippen LogP contribution in [0.3, 0.4) is 0 Å². The van der Waals surface area contributed by atoms with Gasteiger partial charge in [0.05, 0.1) is 6.33 Å². The summed E-state index contributed by atoms with van der Waals surface area (Å²) in [6.45, 7) is 2.32. The highest BCUT2D eigenvalue weighted by Crippen LogP contribution is 2.31. The minimum absolute atomic E-state index is 0.283. The van der Waals surface area contributed by atoms with Crippen LogP contribution in [0, 0.1) is 5.92 Å². The summed E-state index contributed by atoms with van der Waals surface area (Å²) in [5, 5.41) is 0. The van der Waals surface area contributed by atoms with Gasteiger partial charge in [-0.1, -0.05) is 19.8 Å². The molecule has 2 heterocycles. The van der Waals surface area contributed by atoms with Gasteiger partial charge in [-0.3, -0.25) is 0 Å². The lowest BCUT2D eigenvalue weighted by Crippen LogP contribution is -2.36. The molecule has 0 aliphatic heterocycles. The van der Waals surface area contributed by atoms with Crippen LogP contribution in [-0.4, -0.2) is 33.0 Å². The van der Waals surface area contributed by atoms with Gasteiger partial charge in [-0.2, -0.15) is 9.97 Å². The fourth-order valence-electron chi connectivity index (χ4n) is 3.02. The summed E-state index contributed by atoms with van der Waals surface area (Å²) in [5.74, 6) is 1.92. The minimum Gasteiger partial charge on any atom is -0.368 e. The van der Waals surface area contributed by atoms with Crippen LogP contribution < -0.4 is 10.6 Å². The maximum Gasteiger partial charge on any atom is 0.224 e. The molecule has 1 aliphatic carbocycles. The Morgan fingerprint density at radius 1 is 1.37 bits per heavy atom. The summed E-state index contributed by atoms with van der Waals surface area (Å²) < 4.78 is 0. The number of hydrogen-bond donors (Lipinski definition) is 2. The van der Waals surface area contributed by atoms with Crippen molar-refractivity contribution in [3.05, 3.63) is 6.33 Å². The Kier molecular flexibility index (Phi) is 3.00. The molecule has 1 aliphatic rings. The lowest BCUT2D eigenvalue weighted by molar-refractivity contribution is 0.336. The lowest BCUT2D eigenvalue weighted by atomic mass is 9.86. The van der Waals surface area contributed by atoms with E-state index in [2.05, 4.69) is 38.8 Å². The predicted octanol–water partition coefficient (Wildman–Crippen LogP) is 1.95. The van der Waals surface area contributed by atoms with Crippen molar-refractivity contribution >= 4 is 22.9 Å². The number of nitrogen functional groups attached to an aromatic ring is 1. The van der Waals surface area contributed by atoms with Crippen molar-refractivity contribution in [1.82, 2.24) is 19.9 Å². The highest BCUT2D eigenvalue weighted by atomic mass is 15.2. The van der Waals surface area contributed by atoms with Crippen molar-refractivity contribution in [3.8, 4) is 0 Å². The molecule has 6 nitrogen and oxygen atoms in total. The first kappa shape index (κ1) is 12.2. The Bertz CT molecular complexity index is 578. The van der Waals surface area contributed by atoms with Crippen molar-refractivity contribution in [3.63, 3.8) is 0 Å². The average molecular weight is 260 g/mol. The van der Waals surface area contributed by atoms with Crippen LogP contribution in [0.15, 0.2) is 6.33 Å². The van der Waals surface area contributed by atoms with Crippen LogP contribution in [0.25, 0.3) is 11.2 Å². The third kappa shape index (κ3) is 2.22. The maximum absolute atomic E-state index is 5.78. The number of imidazole rings is 1. The van der Waals surface area contributed by atoms with E-state index in [0.717, 1.165) is 17.3 Å². The SMILES string of the molecule is CC1CCCC(N(C)c2nc(N)nc3nc[nH]c23)C1. The van der Waals surface area contributed by atoms with Crippen LogP contribution in [0.4, 0.5) is 11.8 Å². The van der Waals surface area contributed by atoms with E-state index >= 15 is 0 Å². The van der Waals surface area contributed by atoms with Crippen molar-refractivity contribution in [2.45, 2.75) is 38.6 Å². The molecular weight excluding hydrogens is 240 g/mol. The Morgan fingerprint density at radius 3 is 3.00 bits per heavy atom. The fraction of sp³-hybridized carbons (Fsp3) is 0.615. The van der Waals surface area contributed by atoms with Crippen molar-refractivity contribution in [2.75, 3.05) is 17.7 Å². The third-order valence-corrected chi connectivity index (χ3v) is 4.07. The second-order valence-electron chi connectivity index (χ2n) is 5.54. The Morgan fingerprint density at radius 2 is 2.21 bits per heavy atom. The van der Waals surface area contributed by atoms with E-state index in [1.165, 1.54) is 25.7 Å². The van der Waals surface area contributed by atoms with Gasteiger partial charge in [0.15, 0.2) is 11.5 Å². The van der Waals surface area contributed by atoms with Gasteiger partial charge < -0.3 is 15.6 Å². The molecule has 0 radical (unpaired) electrons. The molecule has 0 saturated heterocycles. The molecule has 0 spiro atoms. The van der Waals surface area contributed by atoms with E-state index in [4.69, 9.17) is 5.73 Å². The van der Waals surface area contributed by atoms with E-state index < -0.39 is 0 Å². The molecule has 19 heavy (non-hydrogen) atoms. The summed E-state index contributed by atoms with van der Waals surface area (Å²) in [6.07, 6.45) is 6.66. The zero-order chi connectivity index (χ0) is 13.4. The Balaban J connectivity index is 1.96. The number of aromatic nitrogens is 4. The Hall–Kier alpha value is -1.85. The van der Waals surface area contributed by atoms with E-state index in [0.29, 0.717) is 11.7 Å². The predicted molar refractivity (Wildman–Crippen MR) is 75.9 cm³/mol. The van der Waals surface area contributed by atoms with Crippen molar-refractivity contribution < 1.29 is 0 Å². The molecular formula is C13H20N6. The largest absolute Gasteiger partial charge is 0.368 e. The van der Waals surface area contributed by atoms with E-state index in [9.17, 15) is 0 Å². The lowest BCUT2D eigenvalue weighted by Gasteiger charge is -2.34. The maximum atomic E-state index is 5.78. The van der Waals surface area contributed by atoms with E-state index in [1.807, 2.05) is 0 Å². The van der Waals surface area contributed by atoms with Crippen molar-refractivity contribution in [2.24, 2.45) is 5.92 Å². The number of nitrogens with zero attached hydrogens (tertiary/aromatic N) is 4. The van der Waals surface area contributed by atoms with Crippen LogP contribution in [0.5, 0.6) is 0 Å². The molecule has 1 saturated carbocycles. The van der Waals surface area contributed by atoms with Gasteiger partial charge in [0.2, 0.25) is 5.95 Å². The first-order valence-electron chi connectivity index (χ1n) is 6.84. The molecule has 1 fully saturated rings. The normalized spacial score (nSPS) is 23.7. The van der Waals surface area contributed by atoms with Gasteiger partial charge in [-0.05, 0) is 18.8 Å². The third-order valence-electron chi connectivity index (χ3n) is 4.07. The highest BCUT2D eigenvalue weighted by molar-refractivity contribution is 5.84. The van der Waals surface area contributed by atoms with E-state index in [1.54, 1.807) is 6.33 Å². The number of aromatic amines is 1.